The minimum Gasteiger partial charge on any atom is -0.282 e. The van der Waals surface area contributed by atoms with Gasteiger partial charge in [-0.25, -0.2) is 13.2 Å². The fourth-order valence-electron chi connectivity index (χ4n) is 1.46. The highest BCUT2D eigenvalue weighted by Gasteiger charge is 2.31. The molecular formula is C13H15F3OS. The lowest BCUT2D eigenvalue weighted by Crippen LogP contribution is -2.21. The molecule has 5 heteroatoms. The highest BCUT2D eigenvalue weighted by atomic mass is 32.2. The molecule has 0 spiro atoms. The Balaban J connectivity index is 2.36. The first-order valence-electron chi connectivity index (χ1n) is 5.65. The summed E-state index contributed by atoms with van der Waals surface area (Å²) >= 11 is 0.842. The molecule has 0 amide bonds. The van der Waals surface area contributed by atoms with Crippen molar-refractivity contribution in [2.75, 3.05) is 5.75 Å². The summed E-state index contributed by atoms with van der Waals surface area (Å²) < 4.78 is 38.8. The summed E-state index contributed by atoms with van der Waals surface area (Å²) in [6.07, 6.45) is -2.80. The SMILES string of the molecule is CC(F)CC(F)(F)CCSC(=O)c1ccccc1. The van der Waals surface area contributed by atoms with Crippen LogP contribution in [0.2, 0.25) is 0 Å². The molecule has 0 N–H and O–H groups in total. The van der Waals surface area contributed by atoms with E-state index in [4.69, 9.17) is 0 Å². The first kappa shape index (κ1) is 15.1. The van der Waals surface area contributed by atoms with E-state index in [-0.39, 0.29) is 10.9 Å². The van der Waals surface area contributed by atoms with Crippen LogP contribution >= 0.6 is 11.8 Å². The van der Waals surface area contributed by atoms with Gasteiger partial charge in [0.15, 0.2) is 0 Å². The predicted molar refractivity (Wildman–Crippen MR) is 68.0 cm³/mol. The molecule has 0 heterocycles. The second-order valence-electron chi connectivity index (χ2n) is 4.09. The van der Waals surface area contributed by atoms with Crippen LogP contribution in [-0.4, -0.2) is 23.0 Å². The second kappa shape index (κ2) is 6.83. The maximum atomic E-state index is 13.2. The Labute approximate surface area is 109 Å². The molecule has 1 aromatic carbocycles. The molecule has 0 bridgehead atoms. The molecule has 0 saturated heterocycles. The third-order valence-corrected chi connectivity index (χ3v) is 3.20. The number of benzene rings is 1. The van der Waals surface area contributed by atoms with Crippen LogP contribution < -0.4 is 0 Å². The van der Waals surface area contributed by atoms with Gasteiger partial charge in [-0.3, -0.25) is 4.79 Å². The monoisotopic (exact) mass is 276 g/mol. The van der Waals surface area contributed by atoms with Crippen LogP contribution in [0.5, 0.6) is 0 Å². The van der Waals surface area contributed by atoms with Gasteiger partial charge >= 0.3 is 0 Å². The van der Waals surface area contributed by atoms with Gasteiger partial charge in [-0.1, -0.05) is 42.1 Å². The second-order valence-corrected chi connectivity index (χ2v) is 5.16. The van der Waals surface area contributed by atoms with E-state index < -0.39 is 24.9 Å². The van der Waals surface area contributed by atoms with Crippen molar-refractivity contribution in [3.63, 3.8) is 0 Å². The topological polar surface area (TPSA) is 17.1 Å². The molecule has 0 aromatic heterocycles. The maximum absolute atomic E-state index is 13.2. The zero-order valence-electron chi connectivity index (χ0n) is 10.0. The van der Waals surface area contributed by atoms with Crippen LogP contribution in [0.15, 0.2) is 30.3 Å². The predicted octanol–water partition coefficient (Wildman–Crippen LogP) is 4.33. The summed E-state index contributed by atoms with van der Waals surface area (Å²) in [4.78, 5) is 11.6. The van der Waals surface area contributed by atoms with Crippen LogP contribution in [0.1, 0.15) is 30.1 Å². The van der Waals surface area contributed by atoms with Crippen molar-refractivity contribution in [3.05, 3.63) is 35.9 Å². The normalized spacial score (nSPS) is 13.3. The summed E-state index contributed by atoms with van der Waals surface area (Å²) in [5, 5.41) is -0.236. The number of thioether (sulfide) groups is 1. The largest absolute Gasteiger partial charge is 0.282 e. The molecule has 0 fully saturated rings. The molecule has 0 radical (unpaired) electrons. The molecular weight excluding hydrogens is 261 g/mol. The molecule has 1 rings (SSSR count). The molecule has 0 aliphatic rings. The summed E-state index contributed by atoms with van der Waals surface area (Å²) in [5.74, 6) is -3.05. The standard InChI is InChI=1S/C13H15F3OS/c1-10(14)9-13(15,16)7-8-18-12(17)11-5-3-2-4-6-11/h2-6,10H,7-9H2,1H3. The number of rotatable bonds is 6. The Bertz CT molecular complexity index is 379. The van der Waals surface area contributed by atoms with Gasteiger partial charge < -0.3 is 0 Å². The first-order chi connectivity index (χ1) is 8.41. The molecule has 0 saturated carbocycles. The smallest absolute Gasteiger partial charge is 0.251 e. The third kappa shape index (κ3) is 5.58. The van der Waals surface area contributed by atoms with E-state index in [1.165, 1.54) is 0 Å². The van der Waals surface area contributed by atoms with Crippen molar-refractivity contribution in [2.24, 2.45) is 0 Å². The van der Waals surface area contributed by atoms with Gasteiger partial charge in [0.25, 0.3) is 5.92 Å². The van der Waals surface area contributed by atoms with Gasteiger partial charge in [0.1, 0.15) is 6.17 Å². The zero-order valence-corrected chi connectivity index (χ0v) is 10.9. The Morgan fingerprint density at radius 1 is 1.33 bits per heavy atom. The number of hydrogen-bond donors (Lipinski definition) is 0. The summed E-state index contributed by atoms with van der Waals surface area (Å²) in [7, 11) is 0. The minimum atomic E-state index is -3.04. The summed E-state index contributed by atoms with van der Waals surface area (Å²) in [6, 6.07) is 8.48. The van der Waals surface area contributed by atoms with E-state index in [0.29, 0.717) is 5.56 Å². The zero-order chi connectivity index (χ0) is 13.6. The highest BCUT2D eigenvalue weighted by Crippen LogP contribution is 2.28. The van der Waals surface area contributed by atoms with Crippen molar-refractivity contribution >= 4 is 16.9 Å². The van der Waals surface area contributed by atoms with Crippen LogP contribution in [0.3, 0.4) is 0 Å². The quantitative estimate of drug-likeness (QED) is 0.769. The lowest BCUT2D eigenvalue weighted by molar-refractivity contribution is -0.0276. The van der Waals surface area contributed by atoms with Crippen LogP contribution in [0, 0.1) is 0 Å². The Morgan fingerprint density at radius 2 is 1.94 bits per heavy atom. The van der Waals surface area contributed by atoms with E-state index >= 15 is 0 Å². The van der Waals surface area contributed by atoms with Gasteiger partial charge in [0.2, 0.25) is 5.12 Å². The molecule has 1 aromatic rings. The van der Waals surface area contributed by atoms with Gasteiger partial charge in [-0.05, 0) is 6.92 Å². The van der Waals surface area contributed by atoms with Gasteiger partial charge in [-0.2, -0.15) is 0 Å². The van der Waals surface area contributed by atoms with Gasteiger partial charge in [0, 0.05) is 24.2 Å². The maximum Gasteiger partial charge on any atom is 0.251 e. The van der Waals surface area contributed by atoms with Gasteiger partial charge in [-0.15, -0.1) is 0 Å². The summed E-state index contributed by atoms with van der Waals surface area (Å²) in [5.41, 5.74) is 0.490. The third-order valence-electron chi connectivity index (χ3n) is 2.29. The molecule has 0 aliphatic carbocycles. The molecule has 1 unspecified atom stereocenters. The number of carbonyl (C=O) groups is 1. The van der Waals surface area contributed by atoms with Gasteiger partial charge in [0.05, 0.1) is 0 Å². The van der Waals surface area contributed by atoms with Crippen molar-refractivity contribution < 1.29 is 18.0 Å². The van der Waals surface area contributed by atoms with Crippen molar-refractivity contribution in [2.45, 2.75) is 31.9 Å². The van der Waals surface area contributed by atoms with Crippen LogP contribution in [-0.2, 0) is 0 Å². The molecule has 1 nitrogen and oxygen atoms in total. The highest BCUT2D eigenvalue weighted by molar-refractivity contribution is 8.14. The molecule has 100 valence electrons. The lowest BCUT2D eigenvalue weighted by Gasteiger charge is -2.16. The minimum absolute atomic E-state index is 0.00650. The van der Waals surface area contributed by atoms with E-state index in [1.807, 2.05) is 0 Å². The van der Waals surface area contributed by atoms with Crippen LogP contribution in [0.25, 0.3) is 0 Å². The lowest BCUT2D eigenvalue weighted by atomic mass is 10.1. The fourth-order valence-corrected chi connectivity index (χ4v) is 2.35. The molecule has 18 heavy (non-hydrogen) atoms. The Kier molecular flexibility index (Phi) is 5.72. The number of carbonyl (C=O) groups excluding carboxylic acids is 1. The molecule has 0 aliphatic heterocycles. The summed E-state index contributed by atoms with van der Waals surface area (Å²) in [6.45, 7) is 1.11. The number of alkyl halides is 3. The van der Waals surface area contributed by atoms with E-state index in [2.05, 4.69) is 0 Å². The molecule has 1 atom stereocenters. The van der Waals surface area contributed by atoms with Crippen molar-refractivity contribution in [1.82, 2.24) is 0 Å². The van der Waals surface area contributed by atoms with Crippen molar-refractivity contribution in [3.8, 4) is 0 Å². The number of hydrogen-bond acceptors (Lipinski definition) is 2. The Hall–Kier alpha value is -0.970. The van der Waals surface area contributed by atoms with E-state index in [9.17, 15) is 18.0 Å². The van der Waals surface area contributed by atoms with E-state index in [1.54, 1.807) is 30.3 Å². The number of halogens is 3. The average Bonchev–Trinajstić information content (AvgIpc) is 2.28. The van der Waals surface area contributed by atoms with Crippen molar-refractivity contribution in [1.29, 1.82) is 0 Å². The first-order valence-corrected chi connectivity index (χ1v) is 6.63. The average molecular weight is 276 g/mol. The Morgan fingerprint density at radius 3 is 2.50 bits per heavy atom. The fraction of sp³-hybridized carbons (Fsp3) is 0.462. The van der Waals surface area contributed by atoms with E-state index in [0.717, 1.165) is 18.7 Å². The van der Waals surface area contributed by atoms with Crippen LogP contribution in [0.4, 0.5) is 13.2 Å².